The Morgan fingerprint density at radius 1 is 1.00 bits per heavy atom. The lowest BCUT2D eigenvalue weighted by Crippen LogP contribution is -2.44. The maximum atomic E-state index is 12.8. The summed E-state index contributed by atoms with van der Waals surface area (Å²) in [5.74, 6) is 0. The highest BCUT2D eigenvalue weighted by atomic mass is 35.5. The molecule has 6 heteroatoms. The van der Waals surface area contributed by atoms with Crippen LogP contribution in [0, 0.1) is 0 Å². The second-order valence-electron chi connectivity index (χ2n) is 7.58. The number of rotatable bonds is 5. The first-order valence-corrected chi connectivity index (χ1v) is 11.5. The van der Waals surface area contributed by atoms with Gasteiger partial charge in [-0.3, -0.25) is 4.90 Å². The molecule has 2 aromatic carbocycles. The normalized spacial score (nSPS) is 18.6. The first-order valence-electron chi connectivity index (χ1n) is 9.60. The minimum Gasteiger partial charge on any atom is -0.299 e. The molecule has 2 aliphatic rings. The van der Waals surface area contributed by atoms with Crippen LogP contribution in [-0.2, 0) is 29.4 Å². The van der Waals surface area contributed by atoms with Gasteiger partial charge in [0, 0.05) is 30.7 Å². The highest BCUT2D eigenvalue weighted by Gasteiger charge is 2.25. The van der Waals surface area contributed by atoms with Crippen molar-refractivity contribution in [1.29, 1.82) is 0 Å². The van der Waals surface area contributed by atoms with E-state index in [4.69, 9.17) is 11.6 Å². The highest BCUT2D eigenvalue weighted by Crippen LogP contribution is 2.25. The quantitative estimate of drug-likeness (QED) is 0.825. The van der Waals surface area contributed by atoms with Crippen LogP contribution in [0.2, 0.25) is 5.02 Å². The molecular formula is C21H25ClN2O2S. The molecule has 1 heterocycles. The minimum absolute atomic E-state index is 0.00437. The van der Waals surface area contributed by atoms with E-state index < -0.39 is 10.0 Å². The van der Waals surface area contributed by atoms with Gasteiger partial charge in [0.05, 0.1) is 4.90 Å². The van der Waals surface area contributed by atoms with Gasteiger partial charge in [-0.25, -0.2) is 13.1 Å². The lowest BCUT2D eigenvalue weighted by Gasteiger charge is -2.32. The van der Waals surface area contributed by atoms with Crippen LogP contribution in [-0.4, -0.2) is 32.4 Å². The molecule has 2 aromatic rings. The van der Waals surface area contributed by atoms with Crippen molar-refractivity contribution in [3.63, 3.8) is 0 Å². The topological polar surface area (TPSA) is 49.4 Å². The molecule has 0 aromatic heterocycles. The zero-order valence-corrected chi connectivity index (χ0v) is 16.9. The first kappa shape index (κ1) is 18.9. The van der Waals surface area contributed by atoms with Gasteiger partial charge in [0.2, 0.25) is 10.0 Å². The molecule has 0 atom stereocenters. The molecule has 0 amide bonds. The van der Waals surface area contributed by atoms with E-state index in [1.54, 1.807) is 6.07 Å². The summed E-state index contributed by atoms with van der Waals surface area (Å²) < 4.78 is 28.5. The second-order valence-corrected chi connectivity index (χ2v) is 9.73. The number of piperidine rings is 1. The Balaban J connectivity index is 1.33. The van der Waals surface area contributed by atoms with Crippen LogP contribution in [0.3, 0.4) is 0 Å². The number of fused-ring (bicyclic) bond motifs is 1. The van der Waals surface area contributed by atoms with Crippen LogP contribution >= 0.6 is 11.6 Å². The number of aryl methyl sites for hydroxylation is 2. The molecule has 0 radical (unpaired) electrons. The van der Waals surface area contributed by atoms with Crippen molar-refractivity contribution < 1.29 is 8.42 Å². The molecule has 1 fully saturated rings. The summed E-state index contributed by atoms with van der Waals surface area (Å²) in [5.41, 5.74) is 3.72. The molecular weight excluding hydrogens is 380 g/mol. The van der Waals surface area contributed by atoms with E-state index in [2.05, 4.69) is 9.62 Å². The first-order chi connectivity index (χ1) is 13.0. The van der Waals surface area contributed by atoms with Crippen LogP contribution in [0.5, 0.6) is 0 Å². The molecule has 0 spiro atoms. The largest absolute Gasteiger partial charge is 0.299 e. The van der Waals surface area contributed by atoms with Gasteiger partial charge in [-0.05, 0) is 73.1 Å². The molecule has 0 unspecified atom stereocenters. The zero-order chi connectivity index (χ0) is 18.9. The molecule has 27 heavy (non-hydrogen) atoms. The standard InChI is InChI=1S/C21H25ClN2O2S/c22-19-7-4-16(5-8-19)15-24-12-10-20(11-13-24)23-27(25,26)21-9-6-17-2-1-3-18(17)14-21/h4-9,14,20,23H,1-3,10-13,15H2. The lowest BCUT2D eigenvalue weighted by molar-refractivity contribution is 0.200. The summed E-state index contributed by atoms with van der Waals surface area (Å²) in [7, 11) is -3.45. The van der Waals surface area contributed by atoms with Crippen LogP contribution in [0.15, 0.2) is 47.4 Å². The van der Waals surface area contributed by atoms with E-state index in [1.165, 1.54) is 16.7 Å². The third-order valence-electron chi connectivity index (χ3n) is 5.61. The van der Waals surface area contributed by atoms with Crippen LogP contribution < -0.4 is 4.72 Å². The third-order valence-corrected chi connectivity index (χ3v) is 7.38. The van der Waals surface area contributed by atoms with Crippen molar-refractivity contribution in [3.05, 3.63) is 64.2 Å². The number of hydrogen-bond donors (Lipinski definition) is 1. The monoisotopic (exact) mass is 404 g/mol. The van der Waals surface area contributed by atoms with Gasteiger partial charge in [-0.15, -0.1) is 0 Å². The van der Waals surface area contributed by atoms with Gasteiger partial charge in [0.15, 0.2) is 0 Å². The molecule has 4 rings (SSSR count). The lowest BCUT2D eigenvalue weighted by atomic mass is 10.1. The van der Waals surface area contributed by atoms with Crippen molar-refractivity contribution in [1.82, 2.24) is 9.62 Å². The number of nitrogens with zero attached hydrogens (tertiary/aromatic N) is 1. The average Bonchev–Trinajstić information content (AvgIpc) is 3.13. The van der Waals surface area contributed by atoms with E-state index in [0.717, 1.165) is 56.8 Å². The van der Waals surface area contributed by atoms with Crippen molar-refractivity contribution in [3.8, 4) is 0 Å². The summed E-state index contributed by atoms with van der Waals surface area (Å²) >= 11 is 5.94. The Kier molecular flexibility index (Phi) is 5.55. The fourth-order valence-corrected chi connectivity index (χ4v) is 5.54. The van der Waals surface area contributed by atoms with Crippen LogP contribution in [0.4, 0.5) is 0 Å². The smallest absolute Gasteiger partial charge is 0.240 e. The zero-order valence-electron chi connectivity index (χ0n) is 15.3. The summed E-state index contributed by atoms with van der Waals surface area (Å²) in [6.45, 7) is 2.65. The number of sulfonamides is 1. The predicted molar refractivity (Wildman–Crippen MR) is 109 cm³/mol. The Morgan fingerprint density at radius 3 is 2.44 bits per heavy atom. The molecule has 0 bridgehead atoms. The third kappa shape index (κ3) is 4.54. The van der Waals surface area contributed by atoms with E-state index in [1.807, 2.05) is 36.4 Å². The van der Waals surface area contributed by atoms with Crippen molar-refractivity contribution in [2.45, 2.75) is 49.6 Å². The Bertz CT molecular complexity index is 904. The highest BCUT2D eigenvalue weighted by molar-refractivity contribution is 7.89. The van der Waals surface area contributed by atoms with Crippen LogP contribution in [0.25, 0.3) is 0 Å². The van der Waals surface area contributed by atoms with Gasteiger partial charge >= 0.3 is 0 Å². The van der Waals surface area contributed by atoms with Gasteiger partial charge in [-0.1, -0.05) is 29.8 Å². The maximum absolute atomic E-state index is 12.8. The molecule has 4 nitrogen and oxygen atoms in total. The molecule has 1 saturated heterocycles. The molecule has 1 aliphatic carbocycles. The molecule has 1 N–H and O–H groups in total. The van der Waals surface area contributed by atoms with Gasteiger partial charge in [0.1, 0.15) is 0 Å². The van der Waals surface area contributed by atoms with Gasteiger partial charge in [0.25, 0.3) is 0 Å². The van der Waals surface area contributed by atoms with Crippen LogP contribution in [0.1, 0.15) is 36.0 Å². The summed E-state index contributed by atoms with van der Waals surface area (Å²) in [5, 5.41) is 0.749. The summed E-state index contributed by atoms with van der Waals surface area (Å²) in [6.07, 6.45) is 4.84. The van der Waals surface area contributed by atoms with Gasteiger partial charge < -0.3 is 0 Å². The molecule has 0 saturated carbocycles. The maximum Gasteiger partial charge on any atom is 0.240 e. The Morgan fingerprint density at radius 2 is 1.70 bits per heavy atom. The molecule has 1 aliphatic heterocycles. The van der Waals surface area contributed by atoms with E-state index in [9.17, 15) is 8.42 Å². The molecule has 144 valence electrons. The number of nitrogens with one attached hydrogen (secondary N) is 1. The number of halogens is 1. The minimum atomic E-state index is -3.45. The van der Waals surface area contributed by atoms with Crippen molar-refractivity contribution in [2.24, 2.45) is 0 Å². The SMILES string of the molecule is O=S(=O)(NC1CCN(Cc2ccc(Cl)cc2)CC1)c1ccc2c(c1)CCC2. The van der Waals surface area contributed by atoms with E-state index in [-0.39, 0.29) is 6.04 Å². The number of benzene rings is 2. The number of likely N-dealkylation sites (tertiary alicyclic amines) is 1. The second kappa shape index (κ2) is 7.92. The summed E-state index contributed by atoms with van der Waals surface area (Å²) in [4.78, 5) is 2.77. The summed E-state index contributed by atoms with van der Waals surface area (Å²) in [6, 6.07) is 13.5. The van der Waals surface area contributed by atoms with Crippen molar-refractivity contribution in [2.75, 3.05) is 13.1 Å². The Labute approximate surface area is 166 Å². The fourth-order valence-electron chi connectivity index (χ4n) is 4.06. The Hall–Kier alpha value is -1.40. The average molecular weight is 405 g/mol. The number of hydrogen-bond acceptors (Lipinski definition) is 3. The van der Waals surface area contributed by atoms with E-state index >= 15 is 0 Å². The fraction of sp³-hybridized carbons (Fsp3) is 0.429. The van der Waals surface area contributed by atoms with Gasteiger partial charge in [-0.2, -0.15) is 0 Å². The van der Waals surface area contributed by atoms with Crippen molar-refractivity contribution >= 4 is 21.6 Å². The predicted octanol–water partition coefficient (Wildman–Crippen LogP) is 3.77. The van der Waals surface area contributed by atoms with E-state index in [0.29, 0.717) is 4.90 Å².